The zero-order chi connectivity index (χ0) is 12.0. The molecule has 1 atom stereocenters. The van der Waals surface area contributed by atoms with Crippen molar-refractivity contribution < 1.29 is 4.79 Å². The lowest BCUT2D eigenvalue weighted by molar-refractivity contribution is -0.133. The molecule has 3 heteroatoms. The first-order chi connectivity index (χ1) is 7.67. The van der Waals surface area contributed by atoms with Crippen molar-refractivity contribution in [1.82, 2.24) is 10.2 Å². The molecule has 1 rings (SSSR count). The van der Waals surface area contributed by atoms with Gasteiger partial charge in [0, 0.05) is 19.5 Å². The molecule has 0 spiro atoms. The van der Waals surface area contributed by atoms with Gasteiger partial charge in [0.1, 0.15) is 0 Å². The summed E-state index contributed by atoms with van der Waals surface area (Å²) in [7, 11) is 2.00. The van der Waals surface area contributed by atoms with Gasteiger partial charge >= 0.3 is 0 Å². The maximum absolute atomic E-state index is 11.9. The van der Waals surface area contributed by atoms with Gasteiger partial charge in [-0.05, 0) is 38.3 Å². The SMILES string of the molecule is CCC(C)CC(=O)N1CCC(CNC)CC1. The van der Waals surface area contributed by atoms with Crippen LogP contribution in [0.25, 0.3) is 0 Å². The number of carbonyl (C=O) groups excluding carboxylic acids is 1. The Labute approximate surface area is 99.6 Å². The molecule has 3 nitrogen and oxygen atoms in total. The zero-order valence-corrected chi connectivity index (χ0v) is 11.0. The first kappa shape index (κ1) is 13.5. The van der Waals surface area contributed by atoms with E-state index in [0.29, 0.717) is 11.8 Å². The van der Waals surface area contributed by atoms with E-state index in [1.807, 2.05) is 7.05 Å². The van der Waals surface area contributed by atoms with Crippen molar-refractivity contribution in [3.05, 3.63) is 0 Å². The summed E-state index contributed by atoms with van der Waals surface area (Å²) in [5, 5.41) is 3.22. The van der Waals surface area contributed by atoms with Gasteiger partial charge < -0.3 is 10.2 Å². The van der Waals surface area contributed by atoms with Crippen molar-refractivity contribution >= 4 is 5.91 Å². The second kappa shape index (κ2) is 6.89. The lowest BCUT2D eigenvalue weighted by Crippen LogP contribution is -2.40. The van der Waals surface area contributed by atoms with Gasteiger partial charge in [0.15, 0.2) is 0 Å². The summed E-state index contributed by atoms with van der Waals surface area (Å²) in [6.07, 6.45) is 4.15. The number of nitrogens with one attached hydrogen (secondary N) is 1. The quantitative estimate of drug-likeness (QED) is 0.776. The van der Waals surface area contributed by atoms with Gasteiger partial charge in [-0.3, -0.25) is 4.79 Å². The number of nitrogens with zero attached hydrogens (tertiary/aromatic N) is 1. The molecule has 1 aliphatic heterocycles. The Bertz CT molecular complexity index is 210. The number of hydrogen-bond donors (Lipinski definition) is 1. The molecule has 1 heterocycles. The maximum Gasteiger partial charge on any atom is 0.222 e. The summed E-state index contributed by atoms with van der Waals surface area (Å²) in [6, 6.07) is 0. The zero-order valence-electron chi connectivity index (χ0n) is 11.0. The van der Waals surface area contributed by atoms with Gasteiger partial charge in [-0.2, -0.15) is 0 Å². The molecule has 1 fully saturated rings. The maximum atomic E-state index is 11.9. The van der Waals surface area contributed by atoms with Gasteiger partial charge in [0.25, 0.3) is 0 Å². The fourth-order valence-electron chi connectivity index (χ4n) is 2.25. The number of piperidine rings is 1. The monoisotopic (exact) mass is 226 g/mol. The summed E-state index contributed by atoms with van der Waals surface area (Å²) in [6.45, 7) is 7.32. The summed E-state index contributed by atoms with van der Waals surface area (Å²) in [4.78, 5) is 14.0. The van der Waals surface area contributed by atoms with Crippen LogP contribution in [-0.4, -0.2) is 37.5 Å². The van der Waals surface area contributed by atoms with Crippen LogP contribution >= 0.6 is 0 Å². The number of rotatable bonds is 5. The molecule has 1 N–H and O–H groups in total. The number of likely N-dealkylation sites (tertiary alicyclic amines) is 1. The minimum absolute atomic E-state index is 0.359. The van der Waals surface area contributed by atoms with Gasteiger partial charge in [-0.1, -0.05) is 20.3 Å². The first-order valence-corrected chi connectivity index (χ1v) is 6.59. The van der Waals surface area contributed by atoms with Crippen LogP contribution in [0.1, 0.15) is 39.5 Å². The summed E-state index contributed by atoms with van der Waals surface area (Å²) in [5.41, 5.74) is 0. The van der Waals surface area contributed by atoms with E-state index in [9.17, 15) is 4.79 Å². The molecule has 0 bridgehead atoms. The molecule has 0 aromatic heterocycles. The predicted molar refractivity (Wildman–Crippen MR) is 67.3 cm³/mol. The number of hydrogen-bond acceptors (Lipinski definition) is 2. The molecule has 0 aromatic carbocycles. The summed E-state index contributed by atoms with van der Waals surface area (Å²) >= 11 is 0. The van der Waals surface area contributed by atoms with E-state index >= 15 is 0 Å². The fourth-order valence-corrected chi connectivity index (χ4v) is 2.25. The Hall–Kier alpha value is -0.570. The van der Waals surface area contributed by atoms with Crippen LogP contribution in [0.5, 0.6) is 0 Å². The second-order valence-corrected chi connectivity index (χ2v) is 5.10. The Kier molecular flexibility index (Phi) is 5.81. The van der Waals surface area contributed by atoms with E-state index in [1.54, 1.807) is 0 Å². The molecule has 0 aliphatic carbocycles. The van der Waals surface area contributed by atoms with E-state index in [0.717, 1.165) is 51.2 Å². The summed E-state index contributed by atoms with van der Waals surface area (Å²) in [5.74, 6) is 1.65. The predicted octanol–water partition coefficient (Wildman–Crippen LogP) is 1.88. The number of amides is 1. The Morgan fingerprint density at radius 2 is 2.06 bits per heavy atom. The molecule has 1 amide bonds. The van der Waals surface area contributed by atoms with Crippen molar-refractivity contribution in [3.63, 3.8) is 0 Å². The van der Waals surface area contributed by atoms with Crippen LogP contribution in [-0.2, 0) is 4.79 Å². The van der Waals surface area contributed by atoms with Crippen LogP contribution in [0.15, 0.2) is 0 Å². The molecule has 0 saturated carbocycles. The molecule has 0 radical (unpaired) electrons. The highest BCUT2D eigenvalue weighted by Gasteiger charge is 2.22. The minimum atomic E-state index is 0.359. The fraction of sp³-hybridized carbons (Fsp3) is 0.923. The van der Waals surface area contributed by atoms with Crippen molar-refractivity contribution in [2.45, 2.75) is 39.5 Å². The average molecular weight is 226 g/mol. The molecule has 0 aromatic rings. The molecule has 1 saturated heterocycles. The van der Waals surface area contributed by atoms with Gasteiger partial charge in [0.2, 0.25) is 5.91 Å². The molecule has 94 valence electrons. The van der Waals surface area contributed by atoms with Crippen LogP contribution in [0.3, 0.4) is 0 Å². The largest absolute Gasteiger partial charge is 0.343 e. The highest BCUT2D eigenvalue weighted by molar-refractivity contribution is 5.76. The first-order valence-electron chi connectivity index (χ1n) is 6.59. The molecule has 1 unspecified atom stereocenters. The van der Waals surface area contributed by atoms with Crippen molar-refractivity contribution in [1.29, 1.82) is 0 Å². The van der Waals surface area contributed by atoms with Crippen molar-refractivity contribution in [3.8, 4) is 0 Å². The Morgan fingerprint density at radius 3 is 2.56 bits per heavy atom. The van der Waals surface area contributed by atoms with E-state index < -0.39 is 0 Å². The second-order valence-electron chi connectivity index (χ2n) is 5.10. The standard InChI is InChI=1S/C13H26N2O/c1-4-11(2)9-13(16)15-7-5-12(6-8-15)10-14-3/h11-12,14H,4-10H2,1-3H3. The molecule has 1 aliphatic rings. The lowest BCUT2D eigenvalue weighted by Gasteiger charge is -2.32. The summed E-state index contributed by atoms with van der Waals surface area (Å²) < 4.78 is 0. The third-order valence-electron chi connectivity index (χ3n) is 3.68. The third-order valence-corrected chi connectivity index (χ3v) is 3.68. The minimum Gasteiger partial charge on any atom is -0.343 e. The molecular weight excluding hydrogens is 200 g/mol. The van der Waals surface area contributed by atoms with Gasteiger partial charge in [0.05, 0.1) is 0 Å². The molecular formula is C13H26N2O. The van der Waals surface area contributed by atoms with Crippen LogP contribution in [0, 0.1) is 11.8 Å². The Morgan fingerprint density at radius 1 is 1.44 bits per heavy atom. The van der Waals surface area contributed by atoms with Crippen molar-refractivity contribution in [2.24, 2.45) is 11.8 Å². The highest BCUT2D eigenvalue weighted by Crippen LogP contribution is 2.18. The van der Waals surface area contributed by atoms with E-state index in [4.69, 9.17) is 0 Å². The van der Waals surface area contributed by atoms with E-state index in [-0.39, 0.29) is 0 Å². The normalized spacial score (nSPS) is 19.8. The van der Waals surface area contributed by atoms with Gasteiger partial charge in [-0.25, -0.2) is 0 Å². The van der Waals surface area contributed by atoms with E-state index in [1.165, 1.54) is 0 Å². The Balaban J connectivity index is 2.27. The number of carbonyl (C=O) groups is 1. The third kappa shape index (κ3) is 4.12. The van der Waals surface area contributed by atoms with E-state index in [2.05, 4.69) is 24.1 Å². The smallest absolute Gasteiger partial charge is 0.222 e. The van der Waals surface area contributed by atoms with Crippen molar-refractivity contribution in [2.75, 3.05) is 26.7 Å². The van der Waals surface area contributed by atoms with Crippen LogP contribution < -0.4 is 5.32 Å². The van der Waals surface area contributed by atoms with Crippen LogP contribution in [0.4, 0.5) is 0 Å². The topological polar surface area (TPSA) is 32.3 Å². The lowest BCUT2D eigenvalue weighted by atomic mass is 9.96. The van der Waals surface area contributed by atoms with Crippen LogP contribution in [0.2, 0.25) is 0 Å². The van der Waals surface area contributed by atoms with Gasteiger partial charge in [-0.15, -0.1) is 0 Å². The average Bonchev–Trinajstić information content (AvgIpc) is 2.30. The highest BCUT2D eigenvalue weighted by atomic mass is 16.2. The molecule has 16 heavy (non-hydrogen) atoms.